The SMILES string of the molecule is CN=C(NCC(c1ccc(OC)cc1)N1CCOCC1)N1CCN(c2ncccn2)CC1.I. The van der Waals surface area contributed by atoms with Gasteiger partial charge in [0.05, 0.1) is 26.4 Å². The minimum Gasteiger partial charge on any atom is -0.497 e. The number of morpholine rings is 1. The molecule has 0 radical (unpaired) electrons. The number of methoxy groups -OCH3 is 1. The number of aromatic nitrogens is 2. The molecule has 0 aliphatic carbocycles. The van der Waals surface area contributed by atoms with E-state index in [1.165, 1.54) is 5.56 Å². The van der Waals surface area contributed by atoms with Crippen molar-refractivity contribution in [1.29, 1.82) is 0 Å². The van der Waals surface area contributed by atoms with Gasteiger partial charge < -0.3 is 24.6 Å². The molecule has 0 spiro atoms. The average Bonchev–Trinajstić information content (AvgIpc) is 2.88. The Morgan fingerprint density at radius 2 is 1.73 bits per heavy atom. The maximum Gasteiger partial charge on any atom is 0.225 e. The first kappa shape index (κ1) is 25.4. The van der Waals surface area contributed by atoms with Gasteiger partial charge in [-0.2, -0.15) is 0 Å². The molecule has 33 heavy (non-hydrogen) atoms. The maximum absolute atomic E-state index is 5.58. The number of aliphatic imine (C=N–C) groups is 1. The summed E-state index contributed by atoms with van der Waals surface area (Å²) in [5.74, 6) is 2.60. The lowest BCUT2D eigenvalue weighted by Crippen LogP contribution is -2.54. The third-order valence-electron chi connectivity index (χ3n) is 6.07. The molecular formula is C23H34IN7O2. The first-order chi connectivity index (χ1) is 15.8. The van der Waals surface area contributed by atoms with E-state index in [0.29, 0.717) is 0 Å². The van der Waals surface area contributed by atoms with Gasteiger partial charge in [-0.05, 0) is 23.8 Å². The number of ether oxygens (including phenoxy) is 2. The summed E-state index contributed by atoms with van der Waals surface area (Å²) in [6.07, 6.45) is 3.58. The lowest BCUT2D eigenvalue weighted by atomic mass is 10.0. The van der Waals surface area contributed by atoms with Crippen molar-refractivity contribution in [2.24, 2.45) is 4.99 Å². The van der Waals surface area contributed by atoms with Crippen LogP contribution < -0.4 is 15.0 Å². The van der Waals surface area contributed by atoms with Crippen LogP contribution in [0.1, 0.15) is 11.6 Å². The highest BCUT2D eigenvalue weighted by molar-refractivity contribution is 14.0. The van der Waals surface area contributed by atoms with Crippen molar-refractivity contribution in [2.45, 2.75) is 6.04 Å². The van der Waals surface area contributed by atoms with E-state index in [-0.39, 0.29) is 30.0 Å². The molecule has 2 aromatic rings. The Labute approximate surface area is 213 Å². The van der Waals surface area contributed by atoms with Crippen molar-refractivity contribution in [3.8, 4) is 5.75 Å². The van der Waals surface area contributed by atoms with E-state index in [2.05, 4.69) is 47.1 Å². The van der Waals surface area contributed by atoms with Gasteiger partial charge in [0, 0.05) is 65.3 Å². The molecule has 2 fully saturated rings. The summed E-state index contributed by atoms with van der Waals surface area (Å²) in [4.78, 5) is 20.3. The summed E-state index contributed by atoms with van der Waals surface area (Å²) >= 11 is 0. The first-order valence-electron chi connectivity index (χ1n) is 11.2. The van der Waals surface area contributed by atoms with Crippen LogP contribution in [0.15, 0.2) is 47.7 Å². The number of nitrogens with one attached hydrogen (secondary N) is 1. The number of guanidine groups is 1. The Morgan fingerprint density at radius 3 is 2.33 bits per heavy atom. The smallest absolute Gasteiger partial charge is 0.225 e. The number of nitrogens with zero attached hydrogens (tertiary/aromatic N) is 6. The molecule has 1 unspecified atom stereocenters. The molecule has 1 atom stereocenters. The van der Waals surface area contributed by atoms with E-state index in [4.69, 9.17) is 9.47 Å². The van der Waals surface area contributed by atoms with Crippen LogP contribution in [0.25, 0.3) is 0 Å². The average molecular weight is 567 g/mol. The summed E-state index contributed by atoms with van der Waals surface area (Å²) < 4.78 is 10.9. The second kappa shape index (κ2) is 12.9. The van der Waals surface area contributed by atoms with Crippen LogP contribution in [0, 0.1) is 0 Å². The Hall–Kier alpha value is -2.18. The molecule has 4 rings (SSSR count). The fourth-order valence-electron chi connectivity index (χ4n) is 4.27. The molecule has 1 aromatic carbocycles. The third kappa shape index (κ3) is 6.67. The molecule has 180 valence electrons. The monoisotopic (exact) mass is 567 g/mol. The molecule has 2 aliphatic heterocycles. The first-order valence-corrected chi connectivity index (χ1v) is 11.2. The summed E-state index contributed by atoms with van der Waals surface area (Å²) in [6, 6.07) is 10.5. The highest BCUT2D eigenvalue weighted by Crippen LogP contribution is 2.24. The van der Waals surface area contributed by atoms with Gasteiger partial charge in [0.1, 0.15) is 5.75 Å². The van der Waals surface area contributed by atoms with Gasteiger partial charge in [0.25, 0.3) is 0 Å². The molecule has 9 nitrogen and oxygen atoms in total. The summed E-state index contributed by atoms with van der Waals surface area (Å²) in [5, 5.41) is 3.63. The Morgan fingerprint density at radius 1 is 1.06 bits per heavy atom. The molecule has 1 N–H and O–H groups in total. The quantitative estimate of drug-likeness (QED) is 0.322. The van der Waals surface area contributed by atoms with E-state index in [0.717, 1.165) is 76.7 Å². The van der Waals surface area contributed by atoms with Crippen molar-refractivity contribution in [1.82, 2.24) is 25.1 Å². The number of hydrogen-bond acceptors (Lipinski definition) is 7. The molecule has 0 bridgehead atoms. The zero-order chi connectivity index (χ0) is 22.2. The molecular weight excluding hydrogens is 533 g/mol. The molecule has 3 heterocycles. The van der Waals surface area contributed by atoms with Crippen LogP contribution >= 0.6 is 24.0 Å². The summed E-state index contributed by atoms with van der Waals surface area (Å²) in [5.41, 5.74) is 1.27. The van der Waals surface area contributed by atoms with Gasteiger partial charge in [-0.15, -0.1) is 24.0 Å². The number of halogens is 1. The van der Waals surface area contributed by atoms with Gasteiger partial charge in [-0.25, -0.2) is 9.97 Å². The molecule has 2 aliphatic rings. The second-order valence-corrected chi connectivity index (χ2v) is 7.89. The second-order valence-electron chi connectivity index (χ2n) is 7.89. The van der Waals surface area contributed by atoms with Crippen LogP contribution in [0.3, 0.4) is 0 Å². The van der Waals surface area contributed by atoms with Crippen LogP contribution in [-0.4, -0.2) is 98.9 Å². The lowest BCUT2D eigenvalue weighted by Gasteiger charge is -2.38. The Kier molecular flexibility index (Phi) is 9.95. The summed E-state index contributed by atoms with van der Waals surface area (Å²) in [7, 11) is 3.55. The van der Waals surface area contributed by atoms with Gasteiger partial charge in [-0.1, -0.05) is 12.1 Å². The number of benzene rings is 1. The molecule has 10 heteroatoms. The number of piperazine rings is 1. The fourth-order valence-corrected chi connectivity index (χ4v) is 4.27. The summed E-state index contributed by atoms with van der Waals surface area (Å²) in [6.45, 7) is 7.66. The minimum atomic E-state index is 0. The fraction of sp³-hybridized carbons (Fsp3) is 0.522. The molecule has 2 saturated heterocycles. The predicted octanol–water partition coefficient (Wildman–Crippen LogP) is 1.87. The van der Waals surface area contributed by atoms with Crippen LogP contribution in [0.4, 0.5) is 5.95 Å². The molecule has 0 saturated carbocycles. The van der Waals surface area contributed by atoms with Crippen molar-refractivity contribution in [2.75, 3.05) is 78.1 Å². The number of anilines is 1. The third-order valence-corrected chi connectivity index (χ3v) is 6.07. The van der Waals surface area contributed by atoms with Gasteiger partial charge >= 0.3 is 0 Å². The van der Waals surface area contributed by atoms with E-state index < -0.39 is 0 Å². The zero-order valence-electron chi connectivity index (χ0n) is 19.4. The van der Waals surface area contributed by atoms with Crippen molar-refractivity contribution in [3.05, 3.63) is 48.3 Å². The largest absolute Gasteiger partial charge is 0.497 e. The van der Waals surface area contributed by atoms with Gasteiger partial charge in [-0.3, -0.25) is 9.89 Å². The van der Waals surface area contributed by atoms with Crippen molar-refractivity contribution in [3.63, 3.8) is 0 Å². The normalized spacial score (nSPS) is 18.4. The zero-order valence-corrected chi connectivity index (χ0v) is 21.7. The van der Waals surface area contributed by atoms with Crippen molar-refractivity contribution >= 4 is 35.9 Å². The van der Waals surface area contributed by atoms with E-state index in [9.17, 15) is 0 Å². The van der Waals surface area contributed by atoms with Crippen LogP contribution in [-0.2, 0) is 4.74 Å². The predicted molar refractivity (Wildman–Crippen MR) is 141 cm³/mol. The van der Waals surface area contributed by atoms with E-state index in [1.54, 1.807) is 19.5 Å². The van der Waals surface area contributed by atoms with Gasteiger partial charge in [0.2, 0.25) is 5.95 Å². The van der Waals surface area contributed by atoms with Gasteiger partial charge in [0.15, 0.2) is 5.96 Å². The molecule has 0 amide bonds. The van der Waals surface area contributed by atoms with E-state index >= 15 is 0 Å². The Balaban J connectivity index is 0.00000306. The Bertz CT molecular complexity index is 855. The standard InChI is InChI=1S/C23H33N7O2.HI/c1-24-22(29-10-12-30(13-11-29)23-25-8-3-9-26-23)27-18-21(28-14-16-32-17-15-28)19-4-6-20(31-2)7-5-19;/h3-9,21H,10-18H2,1-2H3,(H,24,27);1H. The van der Waals surface area contributed by atoms with Crippen LogP contribution in [0.2, 0.25) is 0 Å². The topological polar surface area (TPSA) is 78.4 Å². The van der Waals surface area contributed by atoms with E-state index in [1.807, 2.05) is 25.2 Å². The van der Waals surface area contributed by atoms with Crippen LogP contribution in [0.5, 0.6) is 5.75 Å². The number of hydrogen-bond donors (Lipinski definition) is 1. The number of rotatable bonds is 6. The molecule has 1 aromatic heterocycles. The minimum absolute atomic E-state index is 0. The maximum atomic E-state index is 5.58. The lowest BCUT2D eigenvalue weighted by molar-refractivity contribution is 0.0169. The highest BCUT2D eigenvalue weighted by atomic mass is 127. The van der Waals surface area contributed by atoms with Crippen molar-refractivity contribution < 1.29 is 9.47 Å². The highest BCUT2D eigenvalue weighted by Gasteiger charge is 2.25.